The molecule has 0 aliphatic carbocycles. The highest BCUT2D eigenvalue weighted by Crippen LogP contribution is 2.25. The van der Waals surface area contributed by atoms with E-state index < -0.39 is 0 Å². The van der Waals surface area contributed by atoms with Crippen LogP contribution in [0.25, 0.3) is 0 Å². The minimum absolute atomic E-state index is 0.101. The summed E-state index contributed by atoms with van der Waals surface area (Å²) >= 11 is 5.96. The lowest BCUT2D eigenvalue weighted by Gasteiger charge is -2.20. The number of carbonyl (C=O) groups excluding carboxylic acids is 1. The molecule has 0 saturated heterocycles. The fourth-order valence-corrected chi connectivity index (χ4v) is 2.85. The molecule has 0 spiro atoms. The second-order valence-electron chi connectivity index (χ2n) is 6.11. The number of hydrogen-bond donors (Lipinski definition) is 1. The minimum Gasteiger partial charge on any atom is -0.378 e. The van der Waals surface area contributed by atoms with Gasteiger partial charge in [-0.25, -0.2) is 0 Å². The zero-order chi connectivity index (χ0) is 17.6. The number of halogens is 1. The van der Waals surface area contributed by atoms with Gasteiger partial charge in [-0.1, -0.05) is 71.8 Å². The Morgan fingerprint density at radius 1 is 0.920 bits per heavy atom. The van der Waals surface area contributed by atoms with Gasteiger partial charge in [-0.05, 0) is 36.8 Å². The van der Waals surface area contributed by atoms with Crippen molar-refractivity contribution in [3.8, 4) is 0 Å². The molecule has 1 N–H and O–H groups in total. The first-order valence-corrected chi connectivity index (χ1v) is 8.66. The summed E-state index contributed by atoms with van der Waals surface area (Å²) in [4.78, 5) is 12.7. The van der Waals surface area contributed by atoms with Crippen LogP contribution in [0.15, 0.2) is 78.9 Å². The van der Waals surface area contributed by atoms with E-state index >= 15 is 0 Å². The minimum atomic E-state index is -0.101. The number of nitrogens with one attached hydrogen (secondary N) is 1. The molecule has 0 radical (unpaired) electrons. The maximum atomic E-state index is 12.7. The molecule has 2 nitrogen and oxygen atoms in total. The van der Waals surface area contributed by atoms with Crippen molar-refractivity contribution >= 4 is 23.1 Å². The molecule has 0 saturated carbocycles. The van der Waals surface area contributed by atoms with E-state index in [2.05, 4.69) is 5.32 Å². The average Bonchev–Trinajstić information content (AvgIpc) is 2.64. The van der Waals surface area contributed by atoms with Gasteiger partial charge in [-0.3, -0.25) is 4.79 Å². The summed E-state index contributed by atoms with van der Waals surface area (Å²) in [5.41, 5.74) is 3.91. The molecule has 3 aromatic carbocycles. The predicted molar refractivity (Wildman–Crippen MR) is 104 cm³/mol. The third kappa shape index (κ3) is 4.71. The zero-order valence-corrected chi connectivity index (χ0v) is 14.8. The van der Waals surface area contributed by atoms with Crippen molar-refractivity contribution in [2.75, 3.05) is 5.32 Å². The molecule has 1 atom stereocenters. The lowest BCUT2D eigenvalue weighted by Crippen LogP contribution is -2.15. The van der Waals surface area contributed by atoms with Crippen LogP contribution in [0.3, 0.4) is 0 Å². The molecular weight excluding hydrogens is 330 g/mol. The highest BCUT2D eigenvalue weighted by atomic mass is 35.5. The number of ketones is 1. The number of Topliss-reactive ketones (excluding diaryl/α,β-unsaturated/α-hetero) is 1. The van der Waals surface area contributed by atoms with E-state index in [9.17, 15) is 4.79 Å². The van der Waals surface area contributed by atoms with Crippen LogP contribution in [0.2, 0.25) is 5.02 Å². The van der Waals surface area contributed by atoms with E-state index in [1.807, 2.05) is 85.8 Å². The third-order valence-electron chi connectivity index (χ3n) is 4.15. The van der Waals surface area contributed by atoms with Crippen LogP contribution in [0.1, 0.15) is 33.9 Å². The molecule has 25 heavy (non-hydrogen) atoms. The molecule has 3 aromatic rings. The summed E-state index contributed by atoms with van der Waals surface area (Å²) in [5, 5.41) is 4.15. The van der Waals surface area contributed by atoms with Crippen LogP contribution in [0.4, 0.5) is 5.69 Å². The van der Waals surface area contributed by atoms with Gasteiger partial charge in [-0.15, -0.1) is 0 Å². The van der Waals surface area contributed by atoms with Gasteiger partial charge in [0.05, 0.1) is 6.04 Å². The second-order valence-corrected chi connectivity index (χ2v) is 6.54. The molecule has 126 valence electrons. The highest BCUT2D eigenvalue weighted by molar-refractivity contribution is 6.30. The zero-order valence-electron chi connectivity index (χ0n) is 14.1. The number of rotatable bonds is 6. The van der Waals surface area contributed by atoms with Crippen molar-refractivity contribution in [3.63, 3.8) is 0 Å². The number of aryl methyl sites for hydroxylation is 1. The second kappa shape index (κ2) is 8.00. The van der Waals surface area contributed by atoms with Crippen LogP contribution < -0.4 is 5.32 Å². The van der Waals surface area contributed by atoms with Crippen LogP contribution >= 0.6 is 11.6 Å². The first-order chi connectivity index (χ1) is 12.1. The van der Waals surface area contributed by atoms with E-state index in [1.54, 1.807) is 0 Å². The largest absolute Gasteiger partial charge is 0.378 e. The van der Waals surface area contributed by atoms with Crippen molar-refractivity contribution in [3.05, 3.63) is 101 Å². The average molecular weight is 350 g/mol. The Kier molecular flexibility index (Phi) is 5.52. The van der Waals surface area contributed by atoms with E-state index in [0.29, 0.717) is 11.4 Å². The molecule has 3 rings (SSSR count). The summed E-state index contributed by atoms with van der Waals surface area (Å²) < 4.78 is 0. The van der Waals surface area contributed by atoms with Crippen molar-refractivity contribution in [2.24, 2.45) is 0 Å². The molecule has 0 bridgehead atoms. The smallest absolute Gasteiger partial charge is 0.165 e. The first kappa shape index (κ1) is 17.2. The quantitative estimate of drug-likeness (QED) is 0.547. The van der Waals surface area contributed by atoms with E-state index in [4.69, 9.17) is 11.6 Å². The normalized spacial score (nSPS) is 11.8. The standard InChI is InChI=1S/C22H20ClNO/c1-16-7-9-18(10-8-16)22(25)15-21(17-5-3-2-4-6-17)24-20-13-11-19(23)12-14-20/h2-14,21,24H,15H2,1H3. The summed E-state index contributed by atoms with van der Waals surface area (Å²) in [7, 11) is 0. The molecule has 0 aliphatic rings. The SMILES string of the molecule is Cc1ccc(C(=O)CC(Nc2ccc(Cl)cc2)c2ccccc2)cc1. The number of anilines is 1. The van der Waals surface area contributed by atoms with Gasteiger partial charge in [0.25, 0.3) is 0 Å². The fraction of sp³-hybridized carbons (Fsp3) is 0.136. The van der Waals surface area contributed by atoms with Crippen molar-refractivity contribution < 1.29 is 4.79 Å². The van der Waals surface area contributed by atoms with Crippen LogP contribution in [0.5, 0.6) is 0 Å². The maximum Gasteiger partial charge on any atom is 0.165 e. The number of carbonyl (C=O) groups is 1. The van der Waals surface area contributed by atoms with E-state index in [1.165, 1.54) is 0 Å². The monoisotopic (exact) mass is 349 g/mol. The molecule has 0 fully saturated rings. The van der Waals surface area contributed by atoms with Gasteiger partial charge < -0.3 is 5.32 Å². The summed E-state index contributed by atoms with van der Waals surface area (Å²) in [6.07, 6.45) is 0.385. The van der Waals surface area contributed by atoms with Crippen molar-refractivity contribution in [2.45, 2.75) is 19.4 Å². The van der Waals surface area contributed by atoms with Crippen LogP contribution in [0, 0.1) is 6.92 Å². The molecule has 3 heteroatoms. The fourth-order valence-electron chi connectivity index (χ4n) is 2.73. The maximum absolute atomic E-state index is 12.7. The predicted octanol–water partition coefficient (Wildman–Crippen LogP) is 6.07. The molecule has 0 aromatic heterocycles. The molecule has 0 aliphatic heterocycles. The Labute approximate surface area is 153 Å². The topological polar surface area (TPSA) is 29.1 Å². The number of hydrogen-bond acceptors (Lipinski definition) is 2. The van der Waals surface area contributed by atoms with Gasteiger partial charge in [0.1, 0.15) is 0 Å². The molecule has 0 heterocycles. The Bertz CT molecular complexity index is 826. The Hall–Kier alpha value is -2.58. The van der Waals surface area contributed by atoms with Gasteiger partial charge in [-0.2, -0.15) is 0 Å². The van der Waals surface area contributed by atoms with Crippen molar-refractivity contribution in [1.29, 1.82) is 0 Å². The molecular formula is C22H20ClNO. The van der Waals surface area contributed by atoms with E-state index in [0.717, 1.165) is 22.4 Å². The summed E-state index contributed by atoms with van der Waals surface area (Å²) in [5.74, 6) is 0.121. The summed E-state index contributed by atoms with van der Waals surface area (Å²) in [6, 6.07) is 25.2. The lowest BCUT2D eigenvalue weighted by molar-refractivity contribution is 0.0976. The molecule has 0 amide bonds. The van der Waals surface area contributed by atoms with Crippen LogP contribution in [-0.4, -0.2) is 5.78 Å². The van der Waals surface area contributed by atoms with Gasteiger partial charge in [0.15, 0.2) is 5.78 Å². The Morgan fingerprint density at radius 3 is 2.20 bits per heavy atom. The Morgan fingerprint density at radius 2 is 1.56 bits per heavy atom. The third-order valence-corrected chi connectivity index (χ3v) is 4.40. The number of benzene rings is 3. The van der Waals surface area contributed by atoms with Crippen LogP contribution in [-0.2, 0) is 0 Å². The molecule has 1 unspecified atom stereocenters. The first-order valence-electron chi connectivity index (χ1n) is 8.29. The summed E-state index contributed by atoms with van der Waals surface area (Å²) in [6.45, 7) is 2.02. The van der Waals surface area contributed by atoms with Gasteiger partial charge >= 0.3 is 0 Å². The highest BCUT2D eigenvalue weighted by Gasteiger charge is 2.17. The van der Waals surface area contributed by atoms with E-state index in [-0.39, 0.29) is 11.8 Å². The lowest BCUT2D eigenvalue weighted by atomic mass is 9.97. The van der Waals surface area contributed by atoms with Gasteiger partial charge in [0, 0.05) is 22.7 Å². The Balaban J connectivity index is 1.82. The van der Waals surface area contributed by atoms with Gasteiger partial charge in [0.2, 0.25) is 0 Å². The van der Waals surface area contributed by atoms with Crippen molar-refractivity contribution in [1.82, 2.24) is 0 Å².